The van der Waals surface area contributed by atoms with Gasteiger partial charge in [0.1, 0.15) is 0 Å². The molecule has 0 amide bonds. The van der Waals surface area contributed by atoms with Crippen LogP contribution in [0.1, 0.15) is 12.8 Å². The maximum atomic E-state index is 8.69. The summed E-state index contributed by atoms with van der Waals surface area (Å²) in [5.74, 6) is 0. The van der Waals surface area contributed by atoms with Crippen LogP contribution in [0.2, 0.25) is 0 Å². The first kappa shape index (κ1) is 9.11. The third-order valence-corrected chi connectivity index (χ3v) is 2.37. The van der Waals surface area contributed by atoms with Crippen LogP contribution >= 0.6 is 23.2 Å². The van der Waals surface area contributed by atoms with Crippen molar-refractivity contribution in [2.75, 3.05) is 6.61 Å². The van der Waals surface area contributed by atoms with E-state index in [1.54, 1.807) is 0 Å². The highest BCUT2D eigenvalue weighted by Crippen LogP contribution is 2.33. The first-order valence-electron chi connectivity index (χ1n) is 3.50. The Morgan fingerprint density at radius 1 is 1.64 bits per heavy atom. The molecule has 0 heterocycles. The Bertz CT molecular complexity index is 198. The van der Waals surface area contributed by atoms with E-state index in [1.807, 2.05) is 18.2 Å². The number of aliphatic hydroxyl groups excluding tert-OH is 1. The Morgan fingerprint density at radius 3 is 2.91 bits per heavy atom. The second kappa shape index (κ2) is 3.61. The van der Waals surface area contributed by atoms with Crippen molar-refractivity contribution in [3.8, 4) is 0 Å². The van der Waals surface area contributed by atoms with Gasteiger partial charge in [0, 0.05) is 18.1 Å². The highest BCUT2D eigenvalue weighted by atomic mass is 35.5. The lowest BCUT2D eigenvalue weighted by atomic mass is 9.96. The number of halogens is 2. The summed E-state index contributed by atoms with van der Waals surface area (Å²) in [5, 5.41) is 9.44. The van der Waals surface area contributed by atoms with Gasteiger partial charge in [0.2, 0.25) is 0 Å². The summed E-state index contributed by atoms with van der Waals surface area (Å²) in [5.41, 5.74) is 0. The Balaban J connectivity index is 2.62. The fourth-order valence-corrected chi connectivity index (χ4v) is 1.76. The fraction of sp³-hybridized carbons (Fsp3) is 0.500. The van der Waals surface area contributed by atoms with Crippen molar-refractivity contribution in [3.63, 3.8) is 0 Å². The quantitative estimate of drug-likeness (QED) is 0.667. The molecule has 1 unspecified atom stereocenters. The predicted molar refractivity (Wildman–Crippen MR) is 48.0 cm³/mol. The van der Waals surface area contributed by atoms with Crippen molar-refractivity contribution in [2.24, 2.45) is 0 Å². The molecule has 1 aliphatic rings. The Morgan fingerprint density at radius 2 is 2.36 bits per heavy atom. The standard InChI is InChI=1S/C8H10Cl2O/c9-7-2-1-3-8(10,6-7)4-5-11/h1-3,11H,4-6H2. The van der Waals surface area contributed by atoms with Crippen LogP contribution in [0.5, 0.6) is 0 Å². The lowest BCUT2D eigenvalue weighted by Gasteiger charge is -2.24. The van der Waals surface area contributed by atoms with Gasteiger partial charge in [0.05, 0.1) is 4.87 Å². The summed E-state index contributed by atoms with van der Waals surface area (Å²) in [7, 11) is 0. The molecule has 3 heteroatoms. The molecule has 0 aromatic rings. The van der Waals surface area contributed by atoms with Gasteiger partial charge >= 0.3 is 0 Å². The molecule has 0 aromatic heterocycles. The van der Waals surface area contributed by atoms with Crippen molar-refractivity contribution >= 4 is 23.2 Å². The van der Waals surface area contributed by atoms with E-state index in [4.69, 9.17) is 28.3 Å². The Hall–Kier alpha value is 0.0200. The molecule has 0 bridgehead atoms. The van der Waals surface area contributed by atoms with Crippen molar-refractivity contribution in [1.29, 1.82) is 0 Å². The average Bonchev–Trinajstić information content (AvgIpc) is 1.86. The molecule has 0 saturated heterocycles. The molecule has 1 aliphatic carbocycles. The lowest BCUT2D eigenvalue weighted by Crippen LogP contribution is -2.21. The van der Waals surface area contributed by atoms with Gasteiger partial charge in [0.15, 0.2) is 0 Å². The third-order valence-electron chi connectivity index (χ3n) is 1.66. The largest absolute Gasteiger partial charge is 0.396 e. The zero-order chi connectivity index (χ0) is 8.32. The number of aliphatic hydroxyl groups is 1. The molecule has 0 aliphatic heterocycles. The zero-order valence-electron chi connectivity index (χ0n) is 6.06. The van der Waals surface area contributed by atoms with E-state index in [1.165, 1.54) is 0 Å². The van der Waals surface area contributed by atoms with Gasteiger partial charge < -0.3 is 5.11 Å². The van der Waals surface area contributed by atoms with E-state index in [9.17, 15) is 0 Å². The lowest BCUT2D eigenvalue weighted by molar-refractivity contribution is 0.275. The average molecular weight is 193 g/mol. The third kappa shape index (κ3) is 2.51. The summed E-state index contributed by atoms with van der Waals surface area (Å²) in [6.07, 6.45) is 6.69. The van der Waals surface area contributed by atoms with Gasteiger partial charge in [-0.3, -0.25) is 0 Å². The van der Waals surface area contributed by atoms with Gasteiger partial charge in [-0.05, 0) is 12.5 Å². The molecule has 0 saturated carbocycles. The highest BCUT2D eigenvalue weighted by molar-refractivity contribution is 6.32. The normalized spacial score (nSPS) is 30.3. The second-order valence-electron chi connectivity index (χ2n) is 2.66. The van der Waals surface area contributed by atoms with E-state index >= 15 is 0 Å². The van der Waals surface area contributed by atoms with Gasteiger partial charge in [-0.2, -0.15) is 0 Å². The van der Waals surface area contributed by atoms with Crippen molar-refractivity contribution in [3.05, 3.63) is 23.3 Å². The molecule has 0 aromatic carbocycles. The molecule has 1 rings (SSSR count). The fourth-order valence-electron chi connectivity index (χ4n) is 1.08. The minimum absolute atomic E-state index is 0.0952. The maximum Gasteiger partial charge on any atom is 0.0699 e. The van der Waals surface area contributed by atoms with Crippen molar-refractivity contribution in [2.45, 2.75) is 17.7 Å². The van der Waals surface area contributed by atoms with Crippen molar-refractivity contribution < 1.29 is 5.11 Å². The zero-order valence-corrected chi connectivity index (χ0v) is 7.57. The van der Waals surface area contributed by atoms with Crippen molar-refractivity contribution in [1.82, 2.24) is 0 Å². The van der Waals surface area contributed by atoms with Crippen LogP contribution < -0.4 is 0 Å². The first-order valence-corrected chi connectivity index (χ1v) is 4.25. The molecular formula is C8H10Cl2O. The molecule has 1 nitrogen and oxygen atoms in total. The molecule has 62 valence electrons. The highest BCUT2D eigenvalue weighted by Gasteiger charge is 2.25. The SMILES string of the molecule is OCCC1(Cl)C=CC=C(Cl)C1. The molecule has 11 heavy (non-hydrogen) atoms. The number of hydrogen-bond donors (Lipinski definition) is 1. The van der Waals surface area contributed by atoms with Gasteiger partial charge in [-0.1, -0.05) is 23.8 Å². The van der Waals surface area contributed by atoms with Crippen LogP contribution in [0.25, 0.3) is 0 Å². The van der Waals surface area contributed by atoms with Crippen LogP contribution in [0, 0.1) is 0 Å². The smallest absolute Gasteiger partial charge is 0.0699 e. The monoisotopic (exact) mass is 192 g/mol. The summed E-state index contributed by atoms with van der Waals surface area (Å²) in [4.78, 5) is -0.458. The van der Waals surface area contributed by atoms with E-state index in [0.717, 1.165) is 5.03 Å². The molecule has 0 radical (unpaired) electrons. The van der Waals surface area contributed by atoms with E-state index in [2.05, 4.69) is 0 Å². The molecule has 1 N–H and O–H groups in total. The Labute approximate surface area is 76.3 Å². The minimum atomic E-state index is -0.458. The number of rotatable bonds is 2. The van der Waals surface area contributed by atoms with E-state index in [-0.39, 0.29) is 6.61 Å². The number of hydrogen-bond acceptors (Lipinski definition) is 1. The minimum Gasteiger partial charge on any atom is -0.396 e. The van der Waals surface area contributed by atoms with E-state index < -0.39 is 4.87 Å². The number of allylic oxidation sites excluding steroid dienone is 4. The summed E-state index contributed by atoms with van der Waals surface area (Å²) in [6.45, 7) is 0.0952. The molecule has 0 spiro atoms. The van der Waals surface area contributed by atoms with E-state index in [0.29, 0.717) is 12.8 Å². The van der Waals surface area contributed by atoms with Gasteiger partial charge in [-0.25, -0.2) is 0 Å². The summed E-state index contributed by atoms with van der Waals surface area (Å²) >= 11 is 11.9. The molecular weight excluding hydrogens is 183 g/mol. The predicted octanol–water partition coefficient (Wildman–Crippen LogP) is 2.43. The summed E-state index contributed by atoms with van der Waals surface area (Å²) in [6, 6.07) is 0. The summed E-state index contributed by atoms with van der Waals surface area (Å²) < 4.78 is 0. The van der Waals surface area contributed by atoms with Gasteiger partial charge in [-0.15, -0.1) is 11.6 Å². The van der Waals surface area contributed by atoms with Crippen LogP contribution in [0.4, 0.5) is 0 Å². The van der Waals surface area contributed by atoms with Crippen LogP contribution in [-0.2, 0) is 0 Å². The van der Waals surface area contributed by atoms with Crippen LogP contribution in [0.3, 0.4) is 0 Å². The van der Waals surface area contributed by atoms with Crippen LogP contribution in [0.15, 0.2) is 23.3 Å². The topological polar surface area (TPSA) is 20.2 Å². The van der Waals surface area contributed by atoms with Crippen LogP contribution in [-0.4, -0.2) is 16.6 Å². The molecule has 0 fully saturated rings. The Kier molecular flexibility index (Phi) is 2.99. The van der Waals surface area contributed by atoms with Gasteiger partial charge in [0.25, 0.3) is 0 Å². The number of alkyl halides is 1. The first-order chi connectivity index (χ1) is 5.16. The molecule has 1 atom stereocenters. The maximum absolute atomic E-state index is 8.69. The second-order valence-corrected chi connectivity index (χ2v) is 3.90.